The first-order valence-electron chi connectivity index (χ1n) is 7.50. The molecule has 0 saturated carbocycles. The lowest BCUT2D eigenvalue weighted by Crippen LogP contribution is -2.43. The van der Waals surface area contributed by atoms with Crippen molar-refractivity contribution in [1.82, 2.24) is 20.0 Å². The van der Waals surface area contributed by atoms with Crippen LogP contribution in [0.1, 0.15) is 17.3 Å². The molecule has 11 heteroatoms. The van der Waals surface area contributed by atoms with Gasteiger partial charge in [-0.05, 0) is 28.5 Å². The third-order valence-electron chi connectivity index (χ3n) is 3.64. The number of hydrogen-bond acceptors (Lipinski definition) is 5. The number of hydrogen-bond donors (Lipinski definition) is 2. The Bertz CT molecular complexity index is 746. The first kappa shape index (κ1) is 19.9. The van der Waals surface area contributed by atoms with E-state index in [4.69, 9.17) is 9.90 Å². The third-order valence-corrected chi connectivity index (χ3v) is 4.37. The fourth-order valence-electron chi connectivity index (χ4n) is 2.48. The van der Waals surface area contributed by atoms with Crippen LogP contribution in [-0.2, 0) is 22.7 Å². The van der Waals surface area contributed by atoms with Gasteiger partial charge in [0.05, 0.1) is 5.69 Å². The predicted molar refractivity (Wildman–Crippen MR) is 87.5 cm³/mol. The summed E-state index contributed by atoms with van der Waals surface area (Å²) >= 11 is 1.70. The molecule has 1 aliphatic rings. The number of halogens is 3. The van der Waals surface area contributed by atoms with E-state index in [1.165, 1.54) is 5.56 Å². The number of nitrogens with one attached hydrogen (secondary N) is 1. The van der Waals surface area contributed by atoms with E-state index in [-0.39, 0.29) is 11.9 Å². The van der Waals surface area contributed by atoms with Crippen molar-refractivity contribution in [3.05, 3.63) is 40.3 Å². The summed E-state index contributed by atoms with van der Waals surface area (Å²) in [6, 6.07) is 3.88. The Morgan fingerprint density at radius 3 is 2.65 bits per heavy atom. The quantitative estimate of drug-likeness (QED) is 0.836. The normalized spacial score (nSPS) is 17.0. The summed E-state index contributed by atoms with van der Waals surface area (Å²) in [5.41, 5.74) is 2.39. The molecule has 1 amide bonds. The lowest BCUT2D eigenvalue weighted by atomic mass is 10.1. The Balaban J connectivity index is 0.000000298. The molecular formula is C15H17F3N4O3S. The minimum Gasteiger partial charge on any atom is -0.475 e. The zero-order valence-electron chi connectivity index (χ0n) is 13.7. The molecule has 3 heterocycles. The molecule has 7 nitrogen and oxygen atoms in total. The first-order chi connectivity index (χ1) is 12.2. The number of carbonyl (C=O) groups excluding carboxylic acids is 1. The van der Waals surface area contributed by atoms with Crippen molar-refractivity contribution in [2.45, 2.75) is 25.3 Å². The van der Waals surface area contributed by atoms with Crippen molar-refractivity contribution in [2.24, 2.45) is 0 Å². The lowest BCUT2D eigenvalue weighted by molar-refractivity contribution is -0.192. The molecule has 0 spiro atoms. The zero-order valence-corrected chi connectivity index (χ0v) is 14.5. The van der Waals surface area contributed by atoms with Gasteiger partial charge in [-0.3, -0.25) is 14.4 Å². The fourth-order valence-corrected chi connectivity index (χ4v) is 3.14. The highest BCUT2D eigenvalue weighted by Gasteiger charge is 2.38. The van der Waals surface area contributed by atoms with Crippen LogP contribution in [0.5, 0.6) is 0 Å². The molecule has 26 heavy (non-hydrogen) atoms. The molecule has 0 aliphatic carbocycles. The van der Waals surface area contributed by atoms with Crippen LogP contribution in [0.3, 0.4) is 0 Å². The van der Waals surface area contributed by atoms with Crippen molar-refractivity contribution >= 4 is 23.2 Å². The number of carbonyl (C=O) groups is 2. The van der Waals surface area contributed by atoms with Crippen LogP contribution in [0, 0.1) is 0 Å². The molecule has 0 saturated heterocycles. The summed E-state index contributed by atoms with van der Waals surface area (Å²) in [7, 11) is 1.67. The second-order valence-corrected chi connectivity index (χ2v) is 6.28. The Morgan fingerprint density at radius 1 is 1.42 bits per heavy atom. The average molecular weight is 390 g/mol. The standard InChI is InChI=1S/C13H16N4OS.C2HF3O2/c1-14-13(18)12-8-16(6-10-3-5-19-9-10)7-11-2-4-15-17(11)12;3-2(4,5)1(6)7/h2-5,9,12H,6-8H2,1H3,(H,14,18);(H,6,7). The molecule has 2 N–H and O–H groups in total. The summed E-state index contributed by atoms with van der Waals surface area (Å²) in [4.78, 5) is 23.2. The first-order valence-corrected chi connectivity index (χ1v) is 8.44. The number of alkyl halides is 3. The van der Waals surface area contributed by atoms with E-state index in [1.807, 2.05) is 10.7 Å². The van der Waals surface area contributed by atoms with Crippen LogP contribution in [0.15, 0.2) is 29.1 Å². The van der Waals surface area contributed by atoms with E-state index < -0.39 is 12.1 Å². The van der Waals surface area contributed by atoms with Crippen molar-refractivity contribution in [3.8, 4) is 0 Å². The van der Waals surface area contributed by atoms with Gasteiger partial charge in [-0.25, -0.2) is 4.79 Å². The maximum Gasteiger partial charge on any atom is 0.490 e. The molecule has 0 radical (unpaired) electrons. The number of carboxylic acids is 1. The molecule has 2 aromatic rings. The lowest BCUT2D eigenvalue weighted by Gasteiger charge is -2.32. The van der Waals surface area contributed by atoms with Gasteiger partial charge in [-0.2, -0.15) is 29.6 Å². The number of likely N-dealkylation sites (N-methyl/N-ethyl adjacent to an activating group) is 1. The number of rotatable bonds is 3. The number of thiophene rings is 1. The monoisotopic (exact) mass is 390 g/mol. The summed E-state index contributed by atoms with van der Waals surface area (Å²) in [5, 5.41) is 18.4. The Morgan fingerprint density at radius 2 is 2.12 bits per heavy atom. The second kappa shape index (κ2) is 8.32. The largest absolute Gasteiger partial charge is 0.490 e. The number of carboxylic acid groups (broad SMARTS) is 1. The average Bonchev–Trinajstić information content (AvgIpc) is 3.24. The zero-order chi connectivity index (χ0) is 19.3. The van der Waals surface area contributed by atoms with E-state index in [0.29, 0.717) is 6.54 Å². The summed E-state index contributed by atoms with van der Waals surface area (Å²) in [6.45, 7) is 2.41. The highest BCUT2D eigenvalue weighted by atomic mass is 32.1. The van der Waals surface area contributed by atoms with Gasteiger partial charge < -0.3 is 10.4 Å². The van der Waals surface area contributed by atoms with E-state index in [1.54, 1.807) is 24.6 Å². The molecule has 3 rings (SSSR count). The van der Waals surface area contributed by atoms with Gasteiger partial charge in [0.25, 0.3) is 0 Å². The maximum absolute atomic E-state index is 12.0. The van der Waals surface area contributed by atoms with E-state index in [0.717, 1.165) is 18.8 Å². The Labute approximate surface area is 151 Å². The SMILES string of the molecule is CNC(=O)C1CN(Cc2ccsc2)Cc2ccnn21.O=C(O)C(F)(F)F. The topological polar surface area (TPSA) is 87.5 Å². The summed E-state index contributed by atoms with van der Waals surface area (Å²) in [5.74, 6) is -2.74. The van der Waals surface area contributed by atoms with Crippen molar-refractivity contribution in [3.63, 3.8) is 0 Å². The number of amides is 1. The number of nitrogens with zero attached hydrogens (tertiary/aromatic N) is 3. The predicted octanol–water partition coefficient (Wildman–Crippen LogP) is 1.88. The molecule has 1 atom stereocenters. The minimum atomic E-state index is -5.08. The van der Waals surface area contributed by atoms with Gasteiger partial charge in [0.1, 0.15) is 6.04 Å². The molecular weight excluding hydrogens is 373 g/mol. The van der Waals surface area contributed by atoms with Crippen LogP contribution in [-0.4, -0.2) is 51.4 Å². The van der Waals surface area contributed by atoms with Gasteiger partial charge >= 0.3 is 12.1 Å². The van der Waals surface area contributed by atoms with Gasteiger partial charge in [0.2, 0.25) is 5.91 Å². The third kappa shape index (κ3) is 5.05. The molecule has 0 fully saturated rings. The molecule has 0 bridgehead atoms. The van der Waals surface area contributed by atoms with Gasteiger partial charge in [-0.1, -0.05) is 0 Å². The Kier molecular flexibility index (Phi) is 6.37. The van der Waals surface area contributed by atoms with Crippen molar-refractivity contribution in [2.75, 3.05) is 13.6 Å². The van der Waals surface area contributed by atoms with Crippen LogP contribution < -0.4 is 5.32 Å². The second-order valence-electron chi connectivity index (χ2n) is 5.50. The summed E-state index contributed by atoms with van der Waals surface area (Å²) < 4.78 is 33.6. The van der Waals surface area contributed by atoms with E-state index in [9.17, 15) is 18.0 Å². The number of aliphatic carboxylic acids is 1. The molecule has 0 aromatic carbocycles. The van der Waals surface area contributed by atoms with Gasteiger partial charge in [0, 0.05) is 32.9 Å². The number of fused-ring (bicyclic) bond motifs is 1. The molecule has 1 unspecified atom stereocenters. The fraction of sp³-hybridized carbons (Fsp3) is 0.400. The van der Waals surface area contributed by atoms with Crippen LogP contribution in [0.25, 0.3) is 0 Å². The van der Waals surface area contributed by atoms with E-state index in [2.05, 4.69) is 32.1 Å². The van der Waals surface area contributed by atoms with E-state index >= 15 is 0 Å². The highest BCUT2D eigenvalue weighted by Crippen LogP contribution is 2.22. The smallest absolute Gasteiger partial charge is 0.475 e. The molecule has 2 aromatic heterocycles. The molecule has 1 aliphatic heterocycles. The maximum atomic E-state index is 12.0. The van der Waals surface area contributed by atoms with Gasteiger partial charge in [-0.15, -0.1) is 0 Å². The minimum absolute atomic E-state index is 0.0139. The molecule has 142 valence electrons. The van der Waals surface area contributed by atoms with Crippen molar-refractivity contribution in [1.29, 1.82) is 0 Å². The highest BCUT2D eigenvalue weighted by molar-refractivity contribution is 7.07. The number of aromatic nitrogens is 2. The van der Waals surface area contributed by atoms with Crippen molar-refractivity contribution < 1.29 is 27.9 Å². The van der Waals surface area contributed by atoms with Crippen LogP contribution in [0.2, 0.25) is 0 Å². The van der Waals surface area contributed by atoms with Crippen LogP contribution in [0.4, 0.5) is 13.2 Å². The van der Waals surface area contributed by atoms with Crippen LogP contribution >= 0.6 is 11.3 Å². The summed E-state index contributed by atoms with van der Waals surface area (Å²) in [6.07, 6.45) is -3.32. The Hall–Kier alpha value is -2.40. The van der Waals surface area contributed by atoms with Gasteiger partial charge in [0.15, 0.2) is 0 Å².